The van der Waals surface area contributed by atoms with E-state index in [1.807, 2.05) is 18.4 Å². The molecule has 9 nitrogen and oxygen atoms in total. The molecule has 3 rings (SSSR count). The number of carboxylic acids is 1. The van der Waals surface area contributed by atoms with Gasteiger partial charge < -0.3 is 25.4 Å². The molecule has 0 radical (unpaired) electrons. The number of carboxylic acid groups (broad SMARTS) is 1. The van der Waals surface area contributed by atoms with Crippen LogP contribution >= 0.6 is 35.0 Å². The third-order valence-electron chi connectivity index (χ3n) is 6.11. The fourth-order valence-electron chi connectivity index (χ4n) is 3.88. The molecule has 3 N–H and O–H groups in total. The average Bonchev–Trinajstić information content (AvgIpc) is 2.95. The second kappa shape index (κ2) is 14.8. The smallest absolute Gasteiger partial charge is 0.328 e. The third-order valence-corrected chi connectivity index (χ3v) is 7.90. The monoisotopic (exact) mass is 593 g/mol. The van der Waals surface area contributed by atoms with Crippen LogP contribution in [0.5, 0.6) is 5.75 Å². The maximum atomic E-state index is 12.7. The number of thioether (sulfide) groups is 1. The Hall–Kier alpha value is -3.21. The van der Waals surface area contributed by atoms with Crippen LogP contribution in [0, 0.1) is 5.92 Å². The van der Waals surface area contributed by atoms with Crippen molar-refractivity contribution in [3.05, 3.63) is 64.1 Å². The number of nitrogens with zero attached hydrogens (tertiary/aromatic N) is 1. The van der Waals surface area contributed by atoms with E-state index in [1.165, 1.54) is 17.8 Å². The lowest BCUT2D eigenvalue weighted by Crippen LogP contribution is -2.52. The number of carbonyl (C=O) groups is 4. The van der Waals surface area contributed by atoms with Gasteiger partial charge in [-0.1, -0.05) is 47.5 Å². The largest absolute Gasteiger partial charge is 0.484 e. The van der Waals surface area contributed by atoms with E-state index in [9.17, 15) is 24.3 Å². The molecule has 1 aliphatic rings. The number of carbonyl (C=O) groups excluding carboxylic acids is 3. The van der Waals surface area contributed by atoms with E-state index in [4.69, 9.17) is 27.9 Å². The fraction of sp³-hybridized carbons (Fsp3) is 0.333. The zero-order chi connectivity index (χ0) is 28.4. The molecule has 39 heavy (non-hydrogen) atoms. The standard InChI is InChI=1S/C27H29Cl2N3O6S/c1-39-21-9-7-17(24(28)25(21)29)8-10-23(34)32-13-11-18(12-14-32)26(35)31-20(27(36)37)15-30-22(33)16-38-19-5-3-2-4-6-19/h2-10,18,20H,11-16H2,1H3,(H,30,33)(H,31,35)(H,36,37)/t20-/m0/s1. The Kier molecular flexibility index (Phi) is 11.5. The average molecular weight is 595 g/mol. The molecular weight excluding hydrogens is 565 g/mol. The number of likely N-dealkylation sites (tertiary alicyclic amines) is 1. The molecule has 1 atom stereocenters. The van der Waals surface area contributed by atoms with Crippen LogP contribution in [0.25, 0.3) is 6.08 Å². The Balaban J connectivity index is 1.45. The lowest BCUT2D eigenvalue weighted by atomic mass is 9.95. The van der Waals surface area contributed by atoms with Crippen molar-refractivity contribution in [3.63, 3.8) is 0 Å². The number of amides is 3. The van der Waals surface area contributed by atoms with E-state index >= 15 is 0 Å². The summed E-state index contributed by atoms with van der Waals surface area (Å²) in [6.45, 7) is 0.108. The molecule has 0 unspecified atom stereocenters. The maximum Gasteiger partial charge on any atom is 0.328 e. The van der Waals surface area contributed by atoms with Crippen LogP contribution in [0.3, 0.4) is 0 Å². The molecule has 208 valence electrons. The summed E-state index contributed by atoms with van der Waals surface area (Å²) >= 11 is 14.0. The van der Waals surface area contributed by atoms with Gasteiger partial charge in [-0.25, -0.2) is 4.79 Å². The first-order valence-corrected chi connectivity index (χ1v) is 14.1. The fourth-order valence-corrected chi connectivity index (χ4v) is 5.06. The van der Waals surface area contributed by atoms with Crippen molar-refractivity contribution in [2.75, 3.05) is 32.5 Å². The molecule has 0 spiro atoms. The molecule has 2 aromatic rings. The minimum Gasteiger partial charge on any atom is -0.484 e. The molecule has 1 aliphatic heterocycles. The van der Waals surface area contributed by atoms with Crippen LogP contribution in [0.15, 0.2) is 53.4 Å². The Morgan fingerprint density at radius 1 is 1.10 bits per heavy atom. The first kappa shape index (κ1) is 30.3. The van der Waals surface area contributed by atoms with Crippen molar-refractivity contribution >= 4 is 64.7 Å². The zero-order valence-electron chi connectivity index (χ0n) is 21.2. The molecule has 2 aromatic carbocycles. The molecular formula is C27H29Cl2N3O6S. The number of rotatable bonds is 11. The highest BCUT2D eigenvalue weighted by Crippen LogP contribution is 2.35. The van der Waals surface area contributed by atoms with E-state index in [0.717, 1.165) is 4.90 Å². The number of ether oxygens (including phenoxy) is 1. The minimum atomic E-state index is -1.30. The molecule has 0 saturated carbocycles. The summed E-state index contributed by atoms with van der Waals surface area (Å²) in [5.74, 6) is -2.38. The lowest BCUT2D eigenvalue weighted by molar-refractivity contribution is -0.143. The van der Waals surface area contributed by atoms with Crippen LogP contribution < -0.4 is 15.4 Å². The summed E-state index contributed by atoms with van der Waals surface area (Å²) in [6, 6.07) is 11.1. The van der Waals surface area contributed by atoms with Gasteiger partial charge in [0.25, 0.3) is 5.91 Å². The number of piperidine rings is 1. The van der Waals surface area contributed by atoms with Crippen LogP contribution in [0.1, 0.15) is 18.4 Å². The predicted octanol–water partition coefficient (Wildman–Crippen LogP) is 3.73. The van der Waals surface area contributed by atoms with Gasteiger partial charge in [-0.2, -0.15) is 0 Å². The molecule has 12 heteroatoms. The van der Waals surface area contributed by atoms with E-state index < -0.39 is 29.7 Å². The quantitative estimate of drug-likeness (QED) is 0.268. The van der Waals surface area contributed by atoms with Crippen molar-refractivity contribution in [1.82, 2.24) is 15.5 Å². The Morgan fingerprint density at radius 3 is 2.44 bits per heavy atom. The summed E-state index contributed by atoms with van der Waals surface area (Å²) in [5.41, 5.74) is 0.625. The van der Waals surface area contributed by atoms with E-state index in [1.54, 1.807) is 41.3 Å². The highest BCUT2D eigenvalue weighted by molar-refractivity contribution is 7.98. The number of hydrogen-bond donors (Lipinski definition) is 3. The first-order chi connectivity index (χ1) is 18.7. The number of halogens is 2. The van der Waals surface area contributed by atoms with Gasteiger partial charge in [0.15, 0.2) is 6.61 Å². The second-order valence-corrected chi connectivity index (χ2v) is 10.3. The van der Waals surface area contributed by atoms with Crippen molar-refractivity contribution in [3.8, 4) is 5.75 Å². The molecule has 0 bridgehead atoms. The molecule has 1 fully saturated rings. The number of para-hydroxylation sites is 1. The van der Waals surface area contributed by atoms with Crippen LogP contribution in [-0.2, 0) is 19.2 Å². The summed E-state index contributed by atoms with van der Waals surface area (Å²) < 4.78 is 5.33. The Morgan fingerprint density at radius 2 is 1.79 bits per heavy atom. The van der Waals surface area contributed by atoms with E-state index in [2.05, 4.69) is 10.6 Å². The highest BCUT2D eigenvalue weighted by atomic mass is 35.5. The van der Waals surface area contributed by atoms with Crippen LogP contribution in [0.4, 0.5) is 0 Å². The lowest BCUT2D eigenvalue weighted by Gasteiger charge is -2.31. The number of aliphatic carboxylic acids is 1. The summed E-state index contributed by atoms with van der Waals surface area (Å²) in [4.78, 5) is 51.5. The van der Waals surface area contributed by atoms with Crippen molar-refractivity contribution < 1.29 is 29.0 Å². The van der Waals surface area contributed by atoms with Gasteiger partial charge in [-0.3, -0.25) is 14.4 Å². The Bertz CT molecular complexity index is 1220. The normalized spacial score (nSPS) is 14.6. The van der Waals surface area contributed by atoms with Crippen molar-refractivity contribution in [2.45, 2.75) is 23.8 Å². The van der Waals surface area contributed by atoms with Crippen molar-refractivity contribution in [1.29, 1.82) is 0 Å². The number of benzene rings is 2. The van der Waals surface area contributed by atoms with Gasteiger partial charge in [0.2, 0.25) is 11.8 Å². The zero-order valence-corrected chi connectivity index (χ0v) is 23.5. The molecule has 3 amide bonds. The van der Waals surface area contributed by atoms with E-state index in [-0.39, 0.29) is 19.1 Å². The van der Waals surface area contributed by atoms with E-state index in [0.29, 0.717) is 47.3 Å². The third kappa shape index (κ3) is 8.91. The van der Waals surface area contributed by atoms with Gasteiger partial charge in [0, 0.05) is 36.5 Å². The first-order valence-electron chi connectivity index (χ1n) is 12.2. The minimum absolute atomic E-state index is 0.223. The van der Waals surface area contributed by atoms with Crippen LogP contribution in [0.2, 0.25) is 10.0 Å². The summed E-state index contributed by atoms with van der Waals surface area (Å²) in [5, 5.41) is 15.3. The van der Waals surface area contributed by atoms with Gasteiger partial charge in [-0.05, 0) is 48.9 Å². The Labute approximate surface area is 240 Å². The van der Waals surface area contributed by atoms with Gasteiger partial charge in [-0.15, -0.1) is 11.8 Å². The van der Waals surface area contributed by atoms with Gasteiger partial charge in [0.05, 0.1) is 10.0 Å². The topological polar surface area (TPSA) is 125 Å². The number of nitrogens with one attached hydrogen (secondary N) is 2. The summed E-state index contributed by atoms with van der Waals surface area (Å²) in [6.07, 6.45) is 5.68. The molecule has 1 saturated heterocycles. The molecule has 0 aliphatic carbocycles. The number of hydrogen-bond acceptors (Lipinski definition) is 6. The maximum absolute atomic E-state index is 12.7. The predicted molar refractivity (Wildman–Crippen MR) is 151 cm³/mol. The SMILES string of the molecule is CSc1ccc(C=CC(=O)N2CCC(C(=O)N[C@@H](CNC(=O)COc3ccccc3)C(=O)O)CC2)c(Cl)c1Cl. The van der Waals surface area contributed by atoms with Crippen LogP contribution in [-0.4, -0.2) is 72.2 Å². The van der Waals surface area contributed by atoms with Gasteiger partial charge >= 0.3 is 5.97 Å². The molecule has 1 heterocycles. The highest BCUT2D eigenvalue weighted by Gasteiger charge is 2.30. The van der Waals surface area contributed by atoms with Crippen molar-refractivity contribution in [2.24, 2.45) is 5.92 Å². The summed E-state index contributed by atoms with van der Waals surface area (Å²) in [7, 11) is 0. The molecule has 0 aromatic heterocycles. The van der Waals surface area contributed by atoms with Gasteiger partial charge in [0.1, 0.15) is 11.8 Å². The second-order valence-electron chi connectivity index (χ2n) is 8.72.